The molecule has 7 heteroatoms. The maximum absolute atomic E-state index is 11.6. The van der Waals surface area contributed by atoms with Crippen LogP contribution < -0.4 is 4.72 Å². The van der Waals surface area contributed by atoms with Gasteiger partial charge in [-0.25, -0.2) is 13.1 Å². The molecular weight excluding hydrogens is 246 g/mol. The highest BCUT2D eigenvalue weighted by Gasteiger charge is 2.17. The fraction of sp³-hybridized carbons (Fsp3) is 1.00. The van der Waals surface area contributed by atoms with Crippen molar-refractivity contribution in [1.82, 2.24) is 4.72 Å². The topological polar surface area (TPSA) is 73.9 Å². The van der Waals surface area contributed by atoms with Gasteiger partial charge in [0, 0.05) is 6.54 Å². The number of hydrogen-bond acceptors (Lipinski definition) is 5. The number of ether oxygens (including phenoxy) is 3. The molecule has 6 nitrogen and oxygen atoms in total. The minimum Gasteiger partial charge on any atom is -0.378 e. The summed E-state index contributed by atoms with van der Waals surface area (Å²) in [5.74, 6) is -0.0194. The first-order valence-corrected chi connectivity index (χ1v) is 7.43. The normalized spacial score (nSPS) is 21.9. The van der Waals surface area contributed by atoms with Gasteiger partial charge in [-0.2, -0.15) is 0 Å². The van der Waals surface area contributed by atoms with E-state index in [0.717, 1.165) is 0 Å². The molecule has 1 rings (SSSR count). The molecule has 1 atom stereocenters. The minimum absolute atomic E-state index is 0.0194. The Hall–Kier alpha value is -0.210. The van der Waals surface area contributed by atoms with Crippen molar-refractivity contribution in [3.05, 3.63) is 0 Å². The molecule has 0 radical (unpaired) electrons. The Morgan fingerprint density at radius 2 is 2.24 bits per heavy atom. The maximum atomic E-state index is 11.6. The smallest absolute Gasteiger partial charge is 0.213 e. The van der Waals surface area contributed by atoms with Gasteiger partial charge in [-0.15, -0.1) is 0 Å². The van der Waals surface area contributed by atoms with Crippen LogP contribution in [0.2, 0.25) is 0 Å². The van der Waals surface area contributed by atoms with Gasteiger partial charge < -0.3 is 14.2 Å². The van der Waals surface area contributed by atoms with Crippen LogP contribution in [0.4, 0.5) is 0 Å². The Kier molecular flexibility index (Phi) is 6.35. The second kappa shape index (κ2) is 7.27. The van der Waals surface area contributed by atoms with Crippen molar-refractivity contribution in [3.63, 3.8) is 0 Å². The third-order valence-corrected chi connectivity index (χ3v) is 3.62. The molecule has 1 aliphatic heterocycles. The Balaban J connectivity index is 2.19. The number of nitrogens with one attached hydrogen (secondary N) is 1. The molecule has 0 aromatic rings. The van der Waals surface area contributed by atoms with E-state index in [-0.39, 0.29) is 31.4 Å². The van der Waals surface area contributed by atoms with E-state index in [9.17, 15) is 8.42 Å². The summed E-state index contributed by atoms with van der Waals surface area (Å²) in [7, 11) is -3.27. The largest absolute Gasteiger partial charge is 0.378 e. The number of sulfonamides is 1. The lowest BCUT2D eigenvalue weighted by molar-refractivity contribution is -0.136. The van der Waals surface area contributed by atoms with Gasteiger partial charge in [0.15, 0.2) is 0 Å². The molecule has 0 saturated carbocycles. The van der Waals surface area contributed by atoms with Crippen LogP contribution in [0.1, 0.15) is 20.3 Å². The molecule has 0 spiro atoms. The summed E-state index contributed by atoms with van der Waals surface area (Å²) in [4.78, 5) is 0. The van der Waals surface area contributed by atoms with Gasteiger partial charge in [0.1, 0.15) is 6.79 Å². The van der Waals surface area contributed by atoms with Crippen LogP contribution in [0.5, 0.6) is 0 Å². The van der Waals surface area contributed by atoms with Crippen LogP contribution in [-0.4, -0.2) is 52.9 Å². The van der Waals surface area contributed by atoms with Crippen molar-refractivity contribution in [2.24, 2.45) is 0 Å². The van der Waals surface area contributed by atoms with Crippen molar-refractivity contribution < 1.29 is 22.6 Å². The lowest BCUT2D eigenvalue weighted by Gasteiger charge is -2.22. The van der Waals surface area contributed by atoms with Crippen molar-refractivity contribution >= 4 is 10.0 Å². The second-order valence-electron chi connectivity index (χ2n) is 4.19. The molecule has 102 valence electrons. The molecule has 0 unspecified atom stereocenters. The van der Waals surface area contributed by atoms with Gasteiger partial charge in [-0.1, -0.05) is 0 Å². The first-order chi connectivity index (χ1) is 7.99. The zero-order valence-corrected chi connectivity index (χ0v) is 11.2. The van der Waals surface area contributed by atoms with Crippen LogP contribution in [0.15, 0.2) is 0 Å². The Morgan fingerprint density at radius 1 is 1.47 bits per heavy atom. The van der Waals surface area contributed by atoms with Gasteiger partial charge >= 0.3 is 0 Å². The van der Waals surface area contributed by atoms with Gasteiger partial charge in [-0.05, 0) is 20.3 Å². The first-order valence-electron chi connectivity index (χ1n) is 5.78. The summed E-state index contributed by atoms with van der Waals surface area (Å²) in [6.07, 6.45) is 0.666. The van der Waals surface area contributed by atoms with E-state index in [1.807, 2.05) is 13.8 Å². The third kappa shape index (κ3) is 6.95. The minimum atomic E-state index is -3.27. The van der Waals surface area contributed by atoms with Crippen LogP contribution in [-0.2, 0) is 24.2 Å². The molecule has 0 bridgehead atoms. The highest BCUT2D eigenvalue weighted by molar-refractivity contribution is 7.89. The van der Waals surface area contributed by atoms with E-state index in [1.165, 1.54) is 0 Å². The molecule has 0 aliphatic carbocycles. The summed E-state index contributed by atoms with van der Waals surface area (Å²) in [5.41, 5.74) is 0. The summed E-state index contributed by atoms with van der Waals surface area (Å²) < 4.78 is 41.1. The van der Waals surface area contributed by atoms with Crippen molar-refractivity contribution in [3.8, 4) is 0 Å². The summed E-state index contributed by atoms with van der Waals surface area (Å²) in [6, 6.07) is 0. The highest BCUT2D eigenvalue weighted by atomic mass is 32.2. The van der Waals surface area contributed by atoms with E-state index in [0.29, 0.717) is 19.6 Å². The molecular formula is C10H21NO5S. The first kappa shape index (κ1) is 14.8. The van der Waals surface area contributed by atoms with Crippen molar-refractivity contribution in [2.45, 2.75) is 32.5 Å². The molecule has 1 saturated heterocycles. The lowest BCUT2D eigenvalue weighted by Crippen LogP contribution is -2.38. The molecule has 1 N–H and O–H groups in total. The van der Waals surface area contributed by atoms with Crippen LogP contribution in [0.25, 0.3) is 0 Å². The second-order valence-corrected chi connectivity index (χ2v) is 6.12. The number of hydrogen-bond donors (Lipinski definition) is 1. The van der Waals surface area contributed by atoms with Crippen molar-refractivity contribution in [2.75, 3.05) is 32.3 Å². The Morgan fingerprint density at radius 3 is 2.82 bits per heavy atom. The number of rotatable bonds is 7. The molecule has 1 aliphatic rings. The SMILES string of the molecule is CC(C)OCCS(=O)(=O)NC[C@@H]1CCOCO1. The van der Waals surface area contributed by atoms with E-state index in [4.69, 9.17) is 14.2 Å². The Bertz CT molecular complexity index is 298. The summed E-state index contributed by atoms with van der Waals surface area (Å²) in [5, 5.41) is 0. The molecule has 0 aromatic carbocycles. The van der Waals surface area contributed by atoms with E-state index in [1.54, 1.807) is 0 Å². The Labute approximate surface area is 103 Å². The van der Waals surface area contributed by atoms with Gasteiger partial charge in [-0.3, -0.25) is 0 Å². The monoisotopic (exact) mass is 267 g/mol. The lowest BCUT2D eigenvalue weighted by atomic mass is 10.2. The predicted molar refractivity (Wildman–Crippen MR) is 63.2 cm³/mol. The zero-order chi connectivity index (χ0) is 12.7. The maximum Gasteiger partial charge on any atom is 0.213 e. The van der Waals surface area contributed by atoms with Crippen molar-refractivity contribution in [1.29, 1.82) is 0 Å². The van der Waals surface area contributed by atoms with Crippen LogP contribution in [0.3, 0.4) is 0 Å². The van der Waals surface area contributed by atoms with E-state index < -0.39 is 10.0 Å². The highest BCUT2D eigenvalue weighted by Crippen LogP contribution is 2.05. The summed E-state index contributed by atoms with van der Waals surface area (Å²) in [6.45, 7) is 5.10. The average Bonchev–Trinajstić information content (AvgIpc) is 2.27. The summed E-state index contributed by atoms with van der Waals surface area (Å²) >= 11 is 0. The molecule has 0 aromatic heterocycles. The van der Waals surface area contributed by atoms with Gasteiger partial charge in [0.05, 0.1) is 31.2 Å². The van der Waals surface area contributed by atoms with Crippen LogP contribution in [0, 0.1) is 0 Å². The van der Waals surface area contributed by atoms with Gasteiger partial charge in [0.25, 0.3) is 0 Å². The van der Waals surface area contributed by atoms with Gasteiger partial charge in [0.2, 0.25) is 10.0 Å². The van der Waals surface area contributed by atoms with E-state index in [2.05, 4.69) is 4.72 Å². The van der Waals surface area contributed by atoms with E-state index >= 15 is 0 Å². The zero-order valence-electron chi connectivity index (χ0n) is 10.3. The standard InChI is InChI=1S/C10H21NO5S/c1-9(2)15-5-6-17(12,13)11-7-10-3-4-14-8-16-10/h9-11H,3-8H2,1-2H3/t10-/m0/s1. The quantitative estimate of drug-likeness (QED) is 0.708. The average molecular weight is 267 g/mol. The predicted octanol–water partition coefficient (Wildman–Crippen LogP) is 0.0938. The fourth-order valence-corrected chi connectivity index (χ4v) is 2.25. The van der Waals surface area contributed by atoms with Crippen LogP contribution >= 0.6 is 0 Å². The fourth-order valence-electron chi connectivity index (χ4n) is 1.35. The molecule has 1 heterocycles. The third-order valence-electron chi connectivity index (χ3n) is 2.31. The molecule has 1 fully saturated rings. The molecule has 0 amide bonds. The molecule has 17 heavy (non-hydrogen) atoms.